The van der Waals surface area contributed by atoms with Gasteiger partial charge in [-0.15, -0.1) is 0 Å². The van der Waals surface area contributed by atoms with Gasteiger partial charge in [-0.1, -0.05) is 25.3 Å². The number of nitrogens with zero attached hydrogens (tertiary/aromatic N) is 3. The summed E-state index contributed by atoms with van der Waals surface area (Å²) in [5.74, 6) is -0.230. The second-order valence-electron chi connectivity index (χ2n) is 8.11. The molecule has 2 atom stereocenters. The summed E-state index contributed by atoms with van der Waals surface area (Å²) in [6.45, 7) is 0. The second kappa shape index (κ2) is 8.19. The van der Waals surface area contributed by atoms with E-state index in [4.69, 9.17) is 12.2 Å². The normalized spacial score (nSPS) is 22.3. The zero-order valence-corrected chi connectivity index (χ0v) is 17.6. The number of pyridine rings is 1. The van der Waals surface area contributed by atoms with Crippen molar-refractivity contribution in [2.75, 3.05) is 0 Å². The van der Waals surface area contributed by atoms with Crippen LogP contribution in [-0.2, 0) is 0 Å². The Morgan fingerprint density at radius 3 is 2.50 bits per heavy atom. The molecule has 1 N–H and O–H groups in total. The molecule has 154 valence electrons. The zero-order valence-electron chi connectivity index (χ0n) is 16.7. The fourth-order valence-corrected chi connectivity index (χ4v) is 5.30. The predicted molar refractivity (Wildman–Crippen MR) is 120 cm³/mol. The van der Waals surface area contributed by atoms with Crippen LogP contribution in [0.5, 0.6) is 0 Å². The number of hydrogen-bond acceptors (Lipinski definition) is 2. The van der Waals surface area contributed by atoms with Crippen molar-refractivity contribution in [2.45, 2.75) is 50.2 Å². The first-order valence-corrected chi connectivity index (χ1v) is 11.1. The minimum absolute atomic E-state index is 0.0237. The lowest BCUT2D eigenvalue weighted by atomic mass is 9.92. The third-order valence-corrected chi connectivity index (χ3v) is 6.62. The molecule has 1 saturated carbocycles. The summed E-state index contributed by atoms with van der Waals surface area (Å²) < 4.78 is 15.7. The van der Waals surface area contributed by atoms with Gasteiger partial charge in [0.15, 0.2) is 5.11 Å². The molecule has 30 heavy (non-hydrogen) atoms. The minimum Gasteiger partial charge on any atom is -0.352 e. The van der Waals surface area contributed by atoms with Gasteiger partial charge in [-0.2, -0.15) is 0 Å². The molecule has 0 bridgehead atoms. The second-order valence-corrected chi connectivity index (χ2v) is 8.49. The quantitative estimate of drug-likeness (QED) is 0.580. The van der Waals surface area contributed by atoms with E-state index in [2.05, 4.69) is 38.0 Å². The number of rotatable bonds is 4. The standard InChI is InChI=1S/C24H25FN4S/c25-17-11-13-18(14-12-17)28-16-6-10-21(28)23-22(20-9-4-5-15-26-20)27-24(30)29(23)19-7-2-1-3-8-19/h4-6,9-16,19,22-23H,1-3,7-8H2,(H,27,30)/t22-,23+/m1/s1. The molecule has 1 aromatic carbocycles. The Morgan fingerprint density at radius 1 is 0.967 bits per heavy atom. The average Bonchev–Trinajstić information content (AvgIpc) is 3.40. The predicted octanol–water partition coefficient (Wildman–Crippen LogP) is 5.32. The molecule has 0 spiro atoms. The lowest BCUT2D eigenvalue weighted by molar-refractivity contribution is 0.193. The summed E-state index contributed by atoms with van der Waals surface area (Å²) in [6.07, 6.45) is 9.96. The van der Waals surface area contributed by atoms with Crippen molar-refractivity contribution in [1.29, 1.82) is 0 Å². The molecule has 2 aliphatic rings. The molecule has 2 aromatic heterocycles. The topological polar surface area (TPSA) is 33.1 Å². The summed E-state index contributed by atoms with van der Waals surface area (Å²) >= 11 is 5.85. The Labute approximate surface area is 181 Å². The van der Waals surface area contributed by atoms with Crippen molar-refractivity contribution >= 4 is 17.3 Å². The van der Waals surface area contributed by atoms with Crippen molar-refractivity contribution in [3.63, 3.8) is 0 Å². The van der Waals surface area contributed by atoms with Crippen molar-refractivity contribution < 1.29 is 4.39 Å². The Morgan fingerprint density at radius 2 is 1.77 bits per heavy atom. The van der Waals surface area contributed by atoms with Gasteiger partial charge in [0.25, 0.3) is 0 Å². The highest BCUT2D eigenvalue weighted by atomic mass is 32.1. The Bertz CT molecular complexity index is 1010. The van der Waals surface area contributed by atoms with Crippen LogP contribution in [0.25, 0.3) is 5.69 Å². The maximum atomic E-state index is 13.5. The maximum Gasteiger partial charge on any atom is 0.170 e. The van der Waals surface area contributed by atoms with Crippen LogP contribution in [0.2, 0.25) is 0 Å². The van der Waals surface area contributed by atoms with Crippen molar-refractivity contribution in [3.05, 3.63) is 84.2 Å². The van der Waals surface area contributed by atoms with Crippen LogP contribution in [-0.4, -0.2) is 25.6 Å². The van der Waals surface area contributed by atoms with E-state index in [0.717, 1.165) is 35.0 Å². The number of halogens is 1. The van der Waals surface area contributed by atoms with Crippen LogP contribution in [0.4, 0.5) is 4.39 Å². The van der Waals surface area contributed by atoms with Crippen molar-refractivity contribution in [3.8, 4) is 5.69 Å². The molecule has 4 nitrogen and oxygen atoms in total. The lowest BCUT2D eigenvalue weighted by Gasteiger charge is -2.37. The Kier molecular flexibility index (Phi) is 5.25. The smallest absolute Gasteiger partial charge is 0.170 e. The number of aromatic nitrogens is 2. The first-order chi connectivity index (χ1) is 14.7. The third-order valence-electron chi connectivity index (χ3n) is 6.29. The average molecular weight is 421 g/mol. The maximum absolute atomic E-state index is 13.5. The van der Waals surface area contributed by atoms with E-state index < -0.39 is 0 Å². The third kappa shape index (κ3) is 3.49. The van der Waals surface area contributed by atoms with Crippen LogP contribution in [0.15, 0.2) is 67.0 Å². The van der Waals surface area contributed by atoms with E-state index >= 15 is 0 Å². The molecule has 1 aliphatic heterocycles. The summed E-state index contributed by atoms with van der Waals surface area (Å²) in [5.41, 5.74) is 3.06. The van der Waals surface area contributed by atoms with Crippen LogP contribution >= 0.6 is 12.2 Å². The summed E-state index contributed by atoms with van der Waals surface area (Å²) in [7, 11) is 0. The van der Waals surface area contributed by atoms with Crippen LogP contribution < -0.4 is 5.32 Å². The molecular formula is C24H25FN4S. The fourth-order valence-electron chi connectivity index (χ4n) is 4.91. The fraction of sp³-hybridized carbons (Fsp3) is 0.333. The van der Waals surface area contributed by atoms with Crippen LogP contribution in [0.3, 0.4) is 0 Å². The monoisotopic (exact) mass is 420 g/mol. The molecule has 3 aromatic rings. The SMILES string of the molecule is Fc1ccc(-n2cccc2[C@H]2[C@@H](c3ccccn3)NC(=S)N2C2CCCCC2)cc1. The number of nitrogens with one attached hydrogen (secondary N) is 1. The van der Waals surface area contributed by atoms with Gasteiger partial charge in [0.2, 0.25) is 0 Å². The molecule has 0 amide bonds. The molecule has 0 radical (unpaired) electrons. The van der Waals surface area contributed by atoms with Gasteiger partial charge in [-0.25, -0.2) is 4.39 Å². The molecule has 5 rings (SSSR count). The highest BCUT2D eigenvalue weighted by molar-refractivity contribution is 7.80. The van der Waals surface area contributed by atoms with E-state index in [1.807, 2.05) is 36.7 Å². The van der Waals surface area contributed by atoms with Crippen LogP contribution in [0.1, 0.15) is 55.6 Å². The number of hydrogen-bond donors (Lipinski definition) is 1. The molecule has 6 heteroatoms. The van der Waals surface area contributed by atoms with Gasteiger partial charge in [0.1, 0.15) is 5.82 Å². The van der Waals surface area contributed by atoms with Crippen molar-refractivity contribution in [1.82, 2.24) is 19.8 Å². The van der Waals surface area contributed by atoms with E-state index in [1.54, 1.807) is 0 Å². The highest BCUT2D eigenvalue weighted by Crippen LogP contribution is 2.43. The van der Waals surface area contributed by atoms with Gasteiger partial charge < -0.3 is 14.8 Å². The summed E-state index contributed by atoms with van der Waals surface area (Å²) in [5, 5.41) is 4.37. The summed E-state index contributed by atoms with van der Waals surface area (Å²) in [4.78, 5) is 7.05. The van der Waals surface area contributed by atoms with Gasteiger partial charge in [-0.3, -0.25) is 4.98 Å². The molecule has 3 heterocycles. The van der Waals surface area contributed by atoms with E-state index in [1.165, 1.54) is 31.4 Å². The van der Waals surface area contributed by atoms with E-state index in [-0.39, 0.29) is 17.9 Å². The molecular weight excluding hydrogens is 395 g/mol. The van der Waals surface area contributed by atoms with Crippen LogP contribution in [0, 0.1) is 5.82 Å². The first-order valence-electron chi connectivity index (χ1n) is 10.7. The van der Waals surface area contributed by atoms with Gasteiger partial charge in [-0.05, 0) is 73.6 Å². The van der Waals surface area contributed by atoms with Gasteiger partial charge in [0, 0.05) is 29.8 Å². The van der Waals surface area contributed by atoms with Crippen molar-refractivity contribution in [2.24, 2.45) is 0 Å². The summed E-state index contributed by atoms with van der Waals surface area (Å²) in [6, 6.07) is 17.3. The zero-order chi connectivity index (χ0) is 20.5. The lowest BCUT2D eigenvalue weighted by Crippen LogP contribution is -2.40. The highest BCUT2D eigenvalue weighted by Gasteiger charge is 2.44. The first kappa shape index (κ1) is 19.2. The largest absolute Gasteiger partial charge is 0.352 e. The van der Waals surface area contributed by atoms with Gasteiger partial charge in [0.05, 0.1) is 17.8 Å². The van der Waals surface area contributed by atoms with Gasteiger partial charge >= 0.3 is 0 Å². The number of thiocarbonyl (C=S) groups is 1. The Balaban J connectivity index is 1.60. The molecule has 0 unspecified atom stereocenters. The molecule has 1 aliphatic carbocycles. The van der Waals surface area contributed by atoms with E-state index in [9.17, 15) is 4.39 Å². The molecule has 2 fully saturated rings. The van der Waals surface area contributed by atoms with E-state index in [0.29, 0.717) is 6.04 Å². The Hall–Kier alpha value is -2.73. The number of benzene rings is 1. The molecule has 1 saturated heterocycles. The minimum atomic E-state index is -0.230.